The van der Waals surface area contributed by atoms with Crippen LogP contribution in [0.2, 0.25) is 0 Å². The molecule has 0 aromatic carbocycles. The largest absolute Gasteiger partial charge is 0.460 e. The maximum Gasteiger partial charge on any atom is 0.460 e. The van der Waals surface area contributed by atoms with E-state index in [2.05, 4.69) is 0 Å². The van der Waals surface area contributed by atoms with Crippen LogP contribution in [0.5, 0.6) is 0 Å². The summed E-state index contributed by atoms with van der Waals surface area (Å²) in [5.74, 6) is -167. The van der Waals surface area contributed by atoms with Crippen LogP contribution in [0.3, 0.4) is 0 Å². The number of hydrogen-bond acceptors (Lipinski definition) is 2. The highest BCUT2D eigenvalue weighted by molar-refractivity contribution is 8.76. The third-order valence-electron chi connectivity index (χ3n) is 8.23. The fourth-order valence-electron chi connectivity index (χ4n) is 3.95. The lowest BCUT2D eigenvalue weighted by atomic mass is 9.86. The Labute approximate surface area is 350 Å². The van der Waals surface area contributed by atoms with Gasteiger partial charge < -0.3 is 0 Å². The first-order valence-electron chi connectivity index (χ1n) is 14.9. The SMILES string of the molecule is FC(F)(F)C(F)(F)C(F)(F)C(F)(F)C(F)(F)C(F)(F)C(F)(F)C(F)(F)C(F)(F)C(F)(F)CCSSCCC(F)(F)C(F)(F)C(F)(F)C(F)(F)C(F)(F)C(F)(F)C(F)(F)C(F)(F)C(F)(F)C(F)(F)F. The van der Waals surface area contributed by atoms with E-state index in [1.165, 1.54) is 0 Å². The maximum atomic E-state index is 14.0. The smallest absolute Gasteiger partial charge is 0.200 e. The van der Waals surface area contributed by atoms with Crippen LogP contribution < -0.4 is 0 Å². The second-order valence-corrected chi connectivity index (χ2v) is 15.4. The molecule has 0 bridgehead atoms. The van der Waals surface area contributed by atoms with Crippen molar-refractivity contribution in [1.82, 2.24) is 0 Å². The lowest BCUT2D eigenvalue weighted by Crippen LogP contribution is -2.76. The van der Waals surface area contributed by atoms with Gasteiger partial charge in [-0.15, -0.1) is 0 Å². The summed E-state index contributed by atoms with van der Waals surface area (Å²) in [4.78, 5) is 0. The second kappa shape index (κ2) is 17.2. The summed E-state index contributed by atoms with van der Waals surface area (Å²) in [5, 5.41) is 0. The zero-order chi connectivity index (χ0) is 56.2. The van der Waals surface area contributed by atoms with Gasteiger partial charge >= 0.3 is 119 Å². The van der Waals surface area contributed by atoms with Crippen LogP contribution in [0.1, 0.15) is 12.8 Å². The van der Waals surface area contributed by atoms with Gasteiger partial charge in [0.2, 0.25) is 0 Å². The van der Waals surface area contributed by atoms with Gasteiger partial charge in [-0.1, -0.05) is 21.6 Å². The first kappa shape index (κ1) is 65.8. The van der Waals surface area contributed by atoms with Crippen LogP contribution in [0.15, 0.2) is 0 Å². The highest BCUT2D eigenvalue weighted by atomic mass is 33.1. The Morgan fingerprint density at radius 3 is 0.412 bits per heavy atom. The first-order chi connectivity index (χ1) is 28.7. The van der Waals surface area contributed by atoms with E-state index in [0.717, 1.165) is 0 Å². The van der Waals surface area contributed by atoms with Crippen molar-refractivity contribution in [3.8, 4) is 0 Å². The van der Waals surface area contributed by atoms with E-state index in [4.69, 9.17) is 0 Å². The van der Waals surface area contributed by atoms with Crippen molar-refractivity contribution < 1.29 is 184 Å². The highest BCUT2D eigenvalue weighted by Gasteiger charge is 3.00. The molecule has 0 aromatic heterocycles. The standard InChI is InChI=1S/C24H8F42S2/c25-5(26,7(29,30)9(33,34)11(37,38)13(41,42)15(45,46)17(49,50)19(53,54)21(57,58)23(61,62)63)1-3-67-68-4-2-6(27,28)8(31,32)10(35,36)12(39,40)14(43,44)16(47,48)18(51,52)20(55,56)22(59,60)24(64,65)66/h1-4H2. The first-order valence-corrected chi connectivity index (χ1v) is 17.4. The molecule has 0 fully saturated rings. The lowest BCUT2D eigenvalue weighted by molar-refractivity contribution is -0.474. The summed E-state index contributed by atoms with van der Waals surface area (Å²) < 4.78 is 564. The van der Waals surface area contributed by atoms with Crippen molar-refractivity contribution in [3.05, 3.63) is 0 Å². The summed E-state index contributed by atoms with van der Waals surface area (Å²) >= 11 is 0. The van der Waals surface area contributed by atoms with Gasteiger partial charge in [-0.2, -0.15) is 184 Å². The molecule has 0 saturated carbocycles. The zero-order valence-corrected chi connectivity index (χ0v) is 31.2. The van der Waals surface area contributed by atoms with Crippen molar-refractivity contribution in [2.24, 2.45) is 0 Å². The Morgan fingerprint density at radius 1 is 0.162 bits per heavy atom. The van der Waals surface area contributed by atoms with Crippen LogP contribution >= 0.6 is 21.6 Å². The van der Waals surface area contributed by atoms with Gasteiger partial charge in [-0.25, -0.2) is 0 Å². The van der Waals surface area contributed by atoms with Gasteiger partial charge in [0.1, 0.15) is 0 Å². The fourth-order valence-corrected chi connectivity index (χ4v) is 6.08. The summed E-state index contributed by atoms with van der Waals surface area (Å²) in [6.07, 6.45) is -23.6. The second-order valence-electron chi connectivity index (χ2n) is 12.7. The van der Waals surface area contributed by atoms with Crippen LogP contribution in [-0.4, -0.2) is 130 Å². The lowest BCUT2D eigenvalue weighted by Gasteiger charge is -2.44. The van der Waals surface area contributed by atoms with Gasteiger partial charge in [0.05, 0.1) is 0 Å². The average Bonchev–Trinajstić information content (AvgIpc) is 3.10. The Bertz CT molecular complexity index is 1620. The summed E-state index contributed by atoms with van der Waals surface area (Å²) in [7, 11) is -2.31. The van der Waals surface area contributed by atoms with E-state index in [9.17, 15) is 184 Å². The molecule has 0 aliphatic rings. The van der Waals surface area contributed by atoms with Crippen molar-refractivity contribution in [3.63, 3.8) is 0 Å². The number of hydrogen-bond donors (Lipinski definition) is 0. The Kier molecular flexibility index (Phi) is 16.6. The summed E-state index contributed by atoms with van der Waals surface area (Å²) in [6, 6.07) is 0. The molecule has 0 rings (SSSR count). The number of halogens is 42. The van der Waals surface area contributed by atoms with E-state index in [1.807, 2.05) is 0 Å². The van der Waals surface area contributed by atoms with E-state index in [1.54, 1.807) is 0 Å². The van der Waals surface area contributed by atoms with Gasteiger partial charge in [0.15, 0.2) is 0 Å². The molecular formula is C24H8F42S2. The highest BCUT2D eigenvalue weighted by Crippen LogP contribution is 2.69. The molecule has 68 heavy (non-hydrogen) atoms. The zero-order valence-electron chi connectivity index (χ0n) is 29.5. The van der Waals surface area contributed by atoms with Crippen molar-refractivity contribution in [2.75, 3.05) is 11.5 Å². The van der Waals surface area contributed by atoms with Crippen LogP contribution in [0.4, 0.5) is 184 Å². The van der Waals surface area contributed by atoms with E-state index in [-0.39, 0.29) is 0 Å². The molecule has 0 atom stereocenters. The maximum absolute atomic E-state index is 14.0. The Balaban J connectivity index is 6.53. The molecule has 0 spiro atoms. The molecule has 0 N–H and O–H groups in total. The van der Waals surface area contributed by atoms with E-state index < -0.39 is 165 Å². The van der Waals surface area contributed by atoms with Crippen molar-refractivity contribution in [1.29, 1.82) is 0 Å². The molecule has 0 aromatic rings. The molecular weight excluding hydrogens is 1150 g/mol. The predicted octanol–water partition coefficient (Wildman–Crippen LogP) is 15.7. The molecule has 0 aliphatic carbocycles. The van der Waals surface area contributed by atoms with Crippen molar-refractivity contribution >= 4 is 21.6 Å². The molecule has 0 amide bonds. The fraction of sp³-hybridized carbons (Fsp3) is 1.00. The molecule has 0 radical (unpaired) electrons. The average molecular weight is 1160 g/mol. The number of alkyl halides is 42. The molecule has 44 heteroatoms. The minimum absolute atomic E-state index is 1.16. The van der Waals surface area contributed by atoms with E-state index in [0.29, 0.717) is 0 Å². The molecule has 0 heterocycles. The van der Waals surface area contributed by atoms with Crippen LogP contribution in [-0.2, 0) is 0 Å². The topological polar surface area (TPSA) is 0 Å². The van der Waals surface area contributed by atoms with Gasteiger partial charge in [-0.05, 0) is 0 Å². The summed E-state index contributed by atoms with van der Waals surface area (Å²) in [6.45, 7) is 0. The molecule has 0 unspecified atom stereocenters. The molecule has 0 nitrogen and oxygen atoms in total. The summed E-state index contributed by atoms with van der Waals surface area (Å²) in [5.41, 5.74) is 0. The normalized spacial score (nSPS) is 17.0. The minimum Gasteiger partial charge on any atom is -0.200 e. The van der Waals surface area contributed by atoms with Crippen LogP contribution in [0.25, 0.3) is 0 Å². The van der Waals surface area contributed by atoms with Gasteiger partial charge in [0.25, 0.3) is 0 Å². The van der Waals surface area contributed by atoms with Gasteiger partial charge in [-0.3, -0.25) is 0 Å². The van der Waals surface area contributed by atoms with Crippen LogP contribution in [0, 0.1) is 0 Å². The monoisotopic (exact) mass is 1160 g/mol. The molecule has 0 saturated heterocycles. The minimum atomic E-state index is -9.58. The molecule has 410 valence electrons. The Hall–Kier alpha value is -2.24. The predicted molar refractivity (Wildman–Crippen MR) is 135 cm³/mol. The third kappa shape index (κ3) is 8.61. The number of rotatable bonds is 23. The third-order valence-corrected chi connectivity index (χ3v) is 10.6. The quantitative estimate of drug-likeness (QED) is 0.0568. The van der Waals surface area contributed by atoms with Crippen molar-refractivity contribution in [2.45, 2.75) is 132 Å². The Morgan fingerprint density at radius 2 is 0.279 bits per heavy atom. The van der Waals surface area contributed by atoms with Gasteiger partial charge in [0, 0.05) is 24.3 Å². The van der Waals surface area contributed by atoms with E-state index >= 15 is 0 Å². The molecule has 0 aliphatic heterocycles.